The van der Waals surface area contributed by atoms with Crippen LogP contribution in [-0.2, 0) is 20.7 Å². The summed E-state index contributed by atoms with van der Waals surface area (Å²) in [5.41, 5.74) is 2.75. The zero-order valence-corrected chi connectivity index (χ0v) is 19.1. The molecule has 1 aromatic carbocycles. The molecule has 0 spiro atoms. The molecule has 0 bridgehead atoms. The Morgan fingerprint density at radius 2 is 2.00 bits per heavy atom. The van der Waals surface area contributed by atoms with Crippen LogP contribution in [-0.4, -0.2) is 87.3 Å². The summed E-state index contributed by atoms with van der Waals surface area (Å²) in [6.45, 7) is 5.65. The highest BCUT2D eigenvalue weighted by Gasteiger charge is 2.27. The Morgan fingerprint density at radius 1 is 1.29 bits per heavy atom. The second-order valence-corrected chi connectivity index (χ2v) is 8.51. The monoisotopic (exact) mass is 447 g/mol. The smallest absolute Gasteiger partial charge is 0.302 e. The summed E-state index contributed by atoms with van der Waals surface area (Å²) in [5.74, 6) is 1.48. The fourth-order valence-corrected chi connectivity index (χ4v) is 4.80. The molecule has 1 aromatic rings. The molecule has 168 valence electrons. The van der Waals surface area contributed by atoms with E-state index in [0.717, 1.165) is 36.3 Å². The Labute approximate surface area is 187 Å². The molecular formula is C22H29N3O5S. The van der Waals surface area contributed by atoms with Gasteiger partial charge in [0.15, 0.2) is 11.5 Å². The maximum Gasteiger partial charge on any atom is 0.302 e. The van der Waals surface area contributed by atoms with E-state index in [-0.39, 0.29) is 12.1 Å². The molecule has 2 heterocycles. The third kappa shape index (κ3) is 6.12. The van der Waals surface area contributed by atoms with Crippen molar-refractivity contribution < 1.29 is 23.7 Å². The zero-order chi connectivity index (χ0) is 22.2. The highest BCUT2D eigenvalue weighted by Crippen LogP contribution is 2.34. The van der Waals surface area contributed by atoms with Crippen LogP contribution in [0.1, 0.15) is 18.1 Å². The number of rotatable bonds is 9. The van der Waals surface area contributed by atoms with Crippen LogP contribution in [0.15, 0.2) is 17.1 Å². The summed E-state index contributed by atoms with van der Waals surface area (Å²) in [4.78, 5) is 18.5. The lowest BCUT2D eigenvalue weighted by molar-refractivity contribution is -0.146. The molecule has 0 radical (unpaired) electrons. The summed E-state index contributed by atoms with van der Waals surface area (Å²) in [6, 6.07) is 6.23. The molecule has 2 aliphatic heterocycles. The number of nitrogens with zero attached hydrogens (tertiary/aromatic N) is 3. The van der Waals surface area contributed by atoms with Gasteiger partial charge < -0.3 is 18.9 Å². The van der Waals surface area contributed by atoms with Crippen molar-refractivity contribution in [3.05, 3.63) is 23.3 Å². The summed E-state index contributed by atoms with van der Waals surface area (Å²) < 4.78 is 21.8. The molecule has 2 atom stereocenters. The third-order valence-electron chi connectivity index (χ3n) is 5.26. The van der Waals surface area contributed by atoms with Gasteiger partial charge in [0.1, 0.15) is 11.4 Å². The van der Waals surface area contributed by atoms with Crippen molar-refractivity contribution in [1.29, 1.82) is 5.26 Å². The van der Waals surface area contributed by atoms with Gasteiger partial charge in [-0.1, -0.05) is 0 Å². The minimum absolute atomic E-state index is 0.300. The lowest BCUT2D eigenvalue weighted by Gasteiger charge is -2.30. The number of nitriles is 1. The van der Waals surface area contributed by atoms with E-state index in [1.165, 1.54) is 18.7 Å². The van der Waals surface area contributed by atoms with Crippen LogP contribution >= 0.6 is 11.8 Å². The first-order valence-electron chi connectivity index (χ1n) is 10.3. The lowest BCUT2D eigenvalue weighted by Crippen LogP contribution is -2.43. The average molecular weight is 448 g/mol. The number of morpholine rings is 1. The highest BCUT2D eigenvalue weighted by atomic mass is 32.2. The van der Waals surface area contributed by atoms with Gasteiger partial charge in [-0.15, -0.1) is 11.8 Å². The van der Waals surface area contributed by atoms with Crippen molar-refractivity contribution in [2.75, 3.05) is 59.4 Å². The number of carbonyl (C=O) groups is 1. The van der Waals surface area contributed by atoms with Crippen molar-refractivity contribution in [3.63, 3.8) is 0 Å². The van der Waals surface area contributed by atoms with E-state index in [0.29, 0.717) is 43.6 Å². The van der Waals surface area contributed by atoms with Crippen LogP contribution in [0.25, 0.3) is 0 Å². The topological polar surface area (TPSA) is 93.4 Å². The molecule has 0 aliphatic carbocycles. The van der Waals surface area contributed by atoms with E-state index in [1.54, 1.807) is 14.2 Å². The number of carbonyl (C=O) groups excluding carboxylic acids is 1. The van der Waals surface area contributed by atoms with Crippen molar-refractivity contribution in [2.24, 2.45) is 4.99 Å². The molecule has 3 rings (SSSR count). The summed E-state index contributed by atoms with van der Waals surface area (Å²) in [7, 11) is 3.20. The van der Waals surface area contributed by atoms with Gasteiger partial charge in [-0.25, -0.2) is 0 Å². The molecule has 2 aliphatic rings. The first kappa shape index (κ1) is 23.4. The van der Waals surface area contributed by atoms with Crippen molar-refractivity contribution in [1.82, 2.24) is 4.90 Å². The van der Waals surface area contributed by atoms with Crippen molar-refractivity contribution in [3.8, 4) is 17.6 Å². The van der Waals surface area contributed by atoms with E-state index in [9.17, 15) is 10.1 Å². The number of hydrogen-bond donors (Lipinski definition) is 0. The Hall–Kier alpha value is -2.28. The van der Waals surface area contributed by atoms with Gasteiger partial charge >= 0.3 is 5.97 Å². The van der Waals surface area contributed by atoms with Gasteiger partial charge in [0.25, 0.3) is 0 Å². The zero-order valence-electron chi connectivity index (χ0n) is 18.3. The molecule has 1 fully saturated rings. The summed E-state index contributed by atoms with van der Waals surface area (Å²) in [5, 5.41) is 9.43. The van der Waals surface area contributed by atoms with Crippen LogP contribution < -0.4 is 9.47 Å². The number of fused-ring (bicyclic) bond motifs is 1. The van der Waals surface area contributed by atoms with Crippen LogP contribution in [0.2, 0.25) is 0 Å². The van der Waals surface area contributed by atoms with E-state index < -0.39 is 5.25 Å². The van der Waals surface area contributed by atoms with Crippen molar-refractivity contribution >= 4 is 23.4 Å². The van der Waals surface area contributed by atoms with Crippen LogP contribution in [0.4, 0.5) is 0 Å². The quantitative estimate of drug-likeness (QED) is 0.530. The van der Waals surface area contributed by atoms with E-state index in [1.807, 2.05) is 12.1 Å². The minimum Gasteiger partial charge on any atom is -0.493 e. The fourth-order valence-electron chi connectivity index (χ4n) is 3.78. The molecule has 1 saturated heterocycles. The number of benzene rings is 1. The van der Waals surface area contributed by atoms with E-state index in [2.05, 4.69) is 16.0 Å². The molecule has 0 aromatic heterocycles. The van der Waals surface area contributed by atoms with Gasteiger partial charge in [0.2, 0.25) is 0 Å². The highest BCUT2D eigenvalue weighted by molar-refractivity contribution is 8.00. The number of aliphatic imine (C=N–C) groups is 1. The van der Waals surface area contributed by atoms with Gasteiger partial charge in [0, 0.05) is 44.4 Å². The lowest BCUT2D eigenvalue weighted by atomic mass is 9.95. The van der Waals surface area contributed by atoms with Crippen LogP contribution in [0.3, 0.4) is 0 Å². The average Bonchev–Trinajstić information content (AvgIpc) is 2.78. The second-order valence-electron chi connectivity index (χ2n) is 7.37. The molecule has 0 amide bonds. The Morgan fingerprint density at radius 3 is 2.65 bits per heavy atom. The third-order valence-corrected chi connectivity index (χ3v) is 6.49. The molecular weight excluding hydrogens is 418 g/mol. The normalized spacial score (nSPS) is 18.2. The van der Waals surface area contributed by atoms with Gasteiger partial charge in [-0.2, -0.15) is 5.26 Å². The Kier molecular flexibility index (Phi) is 8.58. The summed E-state index contributed by atoms with van der Waals surface area (Å²) >= 11 is 1.45. The Bertz CT molecular complexity index is 848. The first-order valence-corrected chi connectivity index (χ1v) is 11.4. The fraction of sp³-hybridized carbons (Fsp3) is 0.591. The SMILES string of the molecule is COc1cc2c(cc1OC)C(C(C#N)SCC(CN1CCOCC1)OC(C)=O)=NCC2. The predicted molar refractivity (Wildman–Crippen MR) is 119 cm³/mol. The molecule has 0 N–H and O–H groups in total. The minimum atomic E-state index is -0.472. The number of thioether (sulfide) groups is 1. The van der Waals surface area contributed by atoms with Gasteiger partial charge in [0.05, 0.1) is 39.2 Å². The van der Waals surface area contributed by atoms with E-state index in [4.69, 9.17) is 18.9 Å². The molecule has 2 unspecified atom stereocenters. The van der Waals surface area contributed by atoms with Crippen molar-refractivity contribution in [2.45, 2.75) is 24.7 Å². The maximum atomic E-state index is 11.6. The number of hydrogen-bond acceptors (Lipinski definition) is 9. The largest absolute Gasteiger partial charge is 0.493 e. The van der Waals surface area contributed by atoms with Crippen LogP contribution in [0, 0.1) is 11.3 Å². The number of ether oxygens (including phenoxy) is 4. The number of methoxy groups -OCH3 is 2. The maximum absolute atomic E-state index is 11.6. The van der Waals surface area contributed by atoms with Gasteiger partial charge in [-0.05, 0) is 24.1 Å². The summed E-state index contributed by atoms with van der Waals surface area (Å²) in [6.07, 6.45) is 0.486. The predicted octanol–water partition coefficient (Wildman–Crippen LogP) is 1.94. The van der Waals surface area contributed by atoms with Gasteiger partial charge in [-0.3, -0.25) is 14.7 Å². The Balaban J connectivity index is 1.73. The molecule has 8 nitrogen and oxygen atoms in total. The van der Waals surface area contributed by atoms with Crippen LogP contribution in [0.5, 0.6) is 11.5 Å². The van der Waals surface area contributed by atoms with E-state index >= 15 is 0 Å². The standard InChI is InChI=1S/C22H29N3O5S/c1-15(26)30-17(13-25-6-8-29-9-7-25)14-31-21(12-23)22-18-11-20(28-3)19(27-2)10-16(18)4-5-24-22/h10-11,17,21H,4-9,13-14H2,1-3H3. The first-order chi connectivity index (χ1) is 15.0. The molecule has 31 heavy (non-hydrogen) atoms. The second kappa shape index (κ2) is 11.4. The molecule has 0 saturated carbocycles. The number of esters is 1. The molecule has 9 heteroatoms.